The molecule has 4 aromatic heterocycles. The molecule has 1 aliphatic rings. The molecule has 2 aromatic carbocycles. The van der Waals surface area contributed by atoms with Gasteiger partial charge in [0.05, 0.1) is 85.8 Å². The summed E-state index contributed by atoms with van der Waals surface area (Å²) < 4.78 is 24.7. The number of aliphatic hydroxyl groups is 1. The molecule has 0 spiro atoms. The van der Waals surface area contributed by atoms with Crippen LogP contribution in [0.15, 0.2) is 77.4 Å². The van der Waals surface area contributed by atoms with E-state index in [4.69, 9.17) is 18.9 Å². The molecule has 0 aliphatic carbocycles. The fourth-order valence-electron chi connectivity index (χ4n) is 7.93. The standard InChI is InChI=1S/C48H60N10O9S/c1-30-42(68-29-53-30)32-11-9-31(10-12-32)25-50-45(61)38-23-33(59)26-58(38)47(63)43(48(2,3)4)56-40(60)27-67-22-21-66-20-19-65-18-17-64-16-15-57-14-13-34-35(7-6-8-37(34)57)54-44-41-36(24-39(49-5)55-44)51-28-52-46(41)62/h6-14,24,28-29,33,38,43,59H,15-23,25-27H2,1-5H3,(H,50,61)(H,56,60)(H2,49,54,55)(H,51,52,62)/t33-,38+,43-/m1/s1. The van der Waals surface area contributed by atoms with Crippen LogP contribution in [-0.4, -0.2) is 137 Å². The number of hydrogen-bond donors (Lipinski definition) is 6. The minimum absolute atomic E-state index is 0.0190. The lowest BCUT2D eigenvalue weighted by atomic mass is 9.85. The first-order valence-electron chi connectivity index (χ1n) is 22.6. The van der Waals surface area contributed by atoms with Crippen molar-refractivity contribution < 1.29 is 38.4 Å². The minimum atomic E-state index is -0.968. The largest absolute Gasteiger partial charge is 0.391 e. The molecular formula is C48H60N10O9S. The van der Waals surface area contributed by atoms with Crippen LogP contribution in [0.25, 0.3) is 32.2 Å². The van der Waals surface area contributed by atoms with Crippen molar-refractivity contribution in [2.24, 2.45) is 5.41 Å². The van der Waals surface area contributed by atoms with Crippen LogP contribution >= 0.6 is 11.3 Å². The van der Waals surface area contributed by atoms with E-state index < -0.39 is 35.4 Å². The Bertz CT molecular complexity index is 2720. The number of pyridine rings is 1. The van der Waals surface area contributed by atoms with Gasteiger partial charge in [-0.25, -0.2) is 15.0 Å². The molecule has 6 aromatic rings. The summed E-state index contributed by atoms with van der Waals surface area (Å²) in [6.45, 7) is 10.3. The lowest BCUT2D eigenvalue weighted by Gasteiger charge is -2.35. The monoisotopic (exact) mass is 952 g/mol. The van der Waals surface area contributed by atoms with Gasteiger partial charge in [0.2, 0.25) is 17.7 Å². The second kappa shape index (κ2) is 23.1. The van der Waals surface area contributed by atoms with E-state index in [-0.39, 0.29) is 50.8 Å². The summed E-state index contributed by atoms with van der Waals surface area (Å²) in [5.74, 6) is -0.317. The highest BCUT2D eigenvalue weighted by atomic mass is 32.1. The number of carbonyl (C=O) groups is 3. The van der Waals surface area contributed by atoms with Crippen LogP contribution in [-0.2, 0) is 46.4 Å². The van der Waals surface area contributed by atoms with Gasteiger partial charge in [-0.2, -0.15) is 0 Å². The number of benzene rings is 2. The van der Waals surface area contributed by atoms with Crippen molar-refractivity contribution in [2.75, 3.05) is 77.1 Å². The van der Waals surface area contributed by atoms with Gasteiger partial charge in [-0.3, -0.25) is 19.2 Å². The van der Waals surface area contributed by atoms with Crippen molar-refractivity contribution in [1.29, 1.82) is 0 Å². The smallest absolute Gasteiger partial charge is 0.262 e. The van der Waals surface area contributed by atoms with E-state index in [1.807, 2.05) is 87.9 Å². The van der Waals surface area contributed by atoms with Crippen molar-refractivity contribution in [1.82, 2.24) is 40.0 Å². The van der Waals surface area contributed by atoms with E-state index in [9.17, 15) is 24.3 Å². The van der Waals surface area contributed by atoms with E-state index in [1.54, 1.807) is 24.5 Å². The molecule has 1 aliphatic heterocycles. The molecule has 1 fully saturated rings. The Hall–Kier alpha value is -6.29. The SMILES string of the molecule is CNc1cc2nc[nH]c(=O)c2c(Nc2cccc3c2ccn3CCOCCOCCOCCOCC(=O)N[C@H](C(=O)N2C[C@H](O)C[C@H]2C(=O)NCc2ccc(-c3scnc3C)cc2)C(C)(C)C)n1. The number of ether oxygens (including phenoxy) is 4. The Kier molecular flexibility index (Phi) is 16.9. The molecule has 68 heavy (non-hydrogen) atoms. The molecule has 0 bridgehead atoms. The number of aliphatic hydroxyl groups excluding tert-OH is 1. The van der Waals surface area contributed by atoms with Gasteiger partial charge in [0, 0.05) is 56.4 Å². The second-order valence-corrected chi connectivity index (χ2v) is 18.3. The third-order valence-electron chi connectivity index (χ3n) is 11.5. The minimum Gasteiger partial charge on any atom is -0.391 e. The average Bonchev–Trinajstić information content (AvgIpc) is 4.06. The first kappa shape index (κ1) is 49.6. The van der Waals surface area contributed by atoms with Gasteiger partial charge in [0.15, 0.2) is 0 Å². The van der Waals surface area contributed by atoms with Crippen LogP contribution in [0.5, 0.6) is 0 Å². The summed E-state index contributed by atoms with van der Waals surface area (Å²) in [4.78, 5) is 71.3. The fourth-order valence-corrected chi connectivity index (χ4v) is 8.75. The molecule has 0 saturated carbocycles. The van der Waals surface area contributed by atoms with Gasteiger partial charge in [-0.15, -0.1) is 11.3 Å². The van der Waals surface area contributed by atoms with E-state index in [2.05, 4.69) is 45.8 Å². The number of anilines is 3. The molecule has 6 N–H and O–H groups in total. The molecule has 19 nitrogen and oxygen atoms in total. The fraction of sp³-hybridized carbons (Fsp3) is 0.438. The summed E-state index contributed by atoms with van der Waals surface area (Å²) in [7, 11) is 1.76. The Morgan fingerprint density at radius 1 is 0.956 bits per heavy atom. The van der Waals surface area contributed by atoms with Crippen LogP contribution in [0.3, 0.4) is 0 Å². The van der Waals surface area contributed by atoms with Crippen molar-refractivity contribution >= 4 is 68.2 Å². The number of fused-ring (bicyclic) bond motifs is 2. The lowest BCUT2D eigenvalue weighted by Crippen LogP contribution is -2.58. The quantitative estimate of drug-likeness (QED) is 0.0490. The number of aromatic nitrogens is 5. The number of nitrogens with zero attached hydrogens (tertiary/aromatic N) is 5. The van der Waals surface area contributed by atoms with Crippen LogP contribution in [0.4, 0.5) is 17.3 Å². The highest BCUT2D eigenvalue weighted by Crippen LogP contribution is 2.31. The zero-order chi connectivity index (χ0) is 48.2. The third kappa shape index (κ3) is 12.6. The number of hydrogen-bond acceptors (Lipinski definition) is 15. The van der Waals surface area contributed by atoms with Crippen molar-refractivity contribution in [3.63, 3.8) is 0 Å². The number of nitrogens with one attached hydrogen (secondary N) is 5. The summed E-state index contributed by atoms with van der Waals surface area (Å²) >= 11 is 1.57. The summed E-state index contributed by atoms with van der Waals surface area (Å²) in [6.07, 6.45) is 2.59. The number of rotatable bonds is 23. The second-order valence-electron chi connectivity index (χ2n) is 17.4. The Morgan fingerprint density at radius 2 is 1.68 bits per heavy atom. The average molecular weight is 953 g/mol. The molecular weight excluding hydrogens is 893 g/mol. The van der Waals surface area contributed by atoms with Crippen LogP contribution in [0, 0.1) is 12.3 Å². The highest BCUT2D eigenvalue weighted by Gasteiger charge is 2.44. The maximum absolute atomic E-state index is 13.9. The number of H-pyrrole nitrogens is 1. The molecule has 20 heteroatoms. The van der Waals surface area contributed by atoms with Gasteiger partial charge < -0.3 is 59.8 Å². The zero-order valence-corrected chi connectivity index (χ0v) is 39.8. The zero-order valence-electron chi connectivity index (χ0n) is 39.0. The number of β-amino-alcohol motifs (C(OH)–C–C–N with tert-alkyl or cyclic N) is 1. The van der Waals surface area contributed by atoms with Crippen molar-refractivity contribution in [3.8, 4) is 10.4 Å². The Morgan fingerprint density at radius 3 is 2.37 bits per heavy atom. The number of thiazole rings is 1. The summed E-state index contributed by atoms with van der Waals surface area (Å²) in [6, 6.07) is 15.6. The van der Waals surface area contributed by atoms with Gasteiger partial charge in [-0.1, -0.05) is 51.1 Å². The van der Waals surface area contributed by atoms with Gasteiger partial charge in [-0.05, 0) is 41.7 Å². The number of amides is 3. The number of aromatic amines is 1. The molecule has 0 unspecified atom stereocenters. The number of likely N-dealkylation sites (tertiary alicyclic amines) is 1. The molecule has 362 valence electrons. The predicted molar refractivity (Wildman–Crippen MR) is 260 cm³/mol. The van der Waals surface area contributed by atoms with Crippen LogP contribution in [0.2, 0.25) is 0 Å². The Balaban J connectivity index is 0.760. The Labute approximate surface area is 398 Å². The number of aryl methyl sites for hydroxylation is 1. The first-order chi connectivity index (χ1) is 32.8. The van der Waals surface area contributed by atoms with Gasteiger partial charge >= 0.3 is 0 Å². The van der Waals surface area contributed by atoms with Gasteiger partial charge in [0.25, 0.3) is 5.56 Å². The summed E-state index contributed by atoms with van der Waals surface area (Å²) in [5, 5.41) is 24.0. The van der Waals surface area contributed by atoms with Crippen molar-refractivity contribution in [2.45, 2.75) is 65.4 Å². The van der Waals surface area contributed by atoms with E-state index in [0.717, 1.165) is 38.3 Å². The molecule has 0 radical (unpaired) electrons. The molecule has 3 atom stereocenters. The highest BCUT2D eigenvalue weighted by molar-refractivity contribution is 7.13. The summed E-state index contributed by atoms with van der Waals surface area (Å²) in [5.41, 5.74) is 6.05. The van der Waals surface area contributed by atoms with E-state index in [0.29, 0.717) is 62.1 Å². The van der Waals surface area contributed by atoms with Crippen molar-refractivity contribution in [3.05, 3.63) is 94.2 Å². The van der Waals surface area contributed by atoms with E-state index in [1.165, 1.54) is 11.2 Å². The maximum atomic E-state index is 13.9. The maximum Gasteiger partial charge on any atom is 0.262 e. The topological polar surface area (TPSA) is 236 Å². The molecule has 5 heterocycles. The molecule has 1 saturated heterocycles. The third-order valence-corrected chi connectivity index (χ3v) is 12.5. The van der Waals surface area contributed by atoms with Gasteiger partial charge in [0.1, 0.15) is 35.7 Å². The van der Waals surface area contributed by atoms with Crippen LogP contribution < -0.4 is 26.8 Å². The van der Waals surface area contributed by atoms with E-state index >= 15 is 0 Å². The lowest BCUT2D eigenvalue weighted by molar-refractivity contribution is -0.144. The molecule has 3 amide bonds. The first-order valence-corrected chi connectivity index (χ1v) is 23.5. The predicted octanol–water partition coefficient (Wildman–Crippen LogP) is 4.37. The number of carbonyl (C=O) groups excluding carboxylic acids is 3. The normalized spacial score (nSPS) is 15.5. The molecule has 7 rings (SSSR count). The van der Waals surface area contributed by atoms with Crippen LogP contribution in [0.1, 0.15) is 38.4 Å².